The molecule has 0 spiro atoms. The van der Waals surface area contributed by atoms with Crippen LogP contribution in [0.3, 0.4) is 0 Å². The van der Waals surface area contributed by atoms with Crippen molar-refractivity contribution in [2.24, 2.45) is 5.92 Å². The first kappa shape index (κ1) is 22.1. The molecule has 0 heterocycles. The van der Waals surface area contributed by atoms with Gasteiger partial charge in [-0.2, -0.15) is 4.39 Å². The summed E-state index contributed by atoms with van der Waals surface area (Å²) in [6.45, 7) is 4.49. The van der Waals surface area contributed by atoms with Gasteiger partial charge in [0.25, 0.3) is 0 Å². The molecule has 0 amide bonds. The number of halogens is 2. The van der Waals surface area contributed by atoms with Gasteiger partial charge in [0.1, 0.15) is 5.75 Å². The van der Waals surface area contributed by atoms with Crippen LogP contribution in [0.15, 0.2) is 67.2 Å². The Morgan fingerprint density at radius 1 is 0.875 bits per heavy atom. The fourth-order valence-corrected chi connectivity index (χ4v) is 4.42. The van der Waals surface area contributed by atoms with Gasteiger partial charge >= 0.3 is 0 Å². The third-order valence-electron chi connectivity index (χ3n) is 6.41. The number of hydrogen-bond acceptors (Lipinski definition) is 2. The third kappa shape index (κ3) is 4.85. The zero-order valence-electron chi connectivity index (χ0n) is 18.3. The number of methoxy groups -OCH3 is 1. The van der Waals surface area contributed by atoms with Crippen LogP contribution in [-0.2, 0) is 0 Å². The first-order valence-electron chi connectivity index (χ1n) is 11.1. The van der Waals surface area contributed by atoms with Crippen molar-refractivity contribution in [3.05, 3.63) is 90.0 Å². The summed E-state index contributed by atoms with van der Waals surface area (Å²) in [6.07, 6.45) is 6.49. The summed E-state index contributed by atoms with van der Waals surface area (Å²) in [5, 5.41) is 0. The molecule has 0 unspecified atom stereocenters. The Morgan fingerprint density at radius 3 is 2.19 bits per heavy atom. The van der Waals surface area contributed by atoms with Gasteiger partial charge < -0.3 is 9.47 Å². The lowest BCUT2D eigenvalue weighted by Gasteiger charge is -2.28. The van der Waals surface area contributed by atoms with Crippen molar-refractivity contribution in [3.63, 3.8) is 0 Å². The van der Waals surface area contributed by atoms with Gasteiger partial charge in [-0.1, -0.05) is 49.1 Å². The maximum Gasteiger partial charge on any atom is 0.201 e. The van der Waals surface area contributed by atoms with Gasteiger partial charge in [0.05, 0.1) is 13.7 Å². The van der Waals surface area contributed by atoms with Crippen molar-refractivity contribution in [2.75, 3.05) is 13.7 Å². The molecule has 3 aromatic rings. The van der Waals surface area contributed by atoms with Crippen LogP contribution in [0.25, 0.3) is 17.2 Å². The summed E-state index contributed by atoms with van der Waals surface area (Å²) in [7, 11) is 1.32. The Hall–Kier alpha value is -3.14. The first-order valence-corrected chi connectivity index (χ1v) is 11.1. The van der Waals surface area contributed by atoms with E-state index >= 15 is 0 Å². The van der Waals surface area contributed by atoms with E-state index < -0.39 is 11.6 Å². The molecule has 1 saturated carbocycles. The first-order chi connectivity index (χ1) is 15.6. The van der Waals surface area contributed by atoms with E-state index in [1.807, 2.05) is 18.2 Å². The van der Waals surface area contributed by atoms with E-state index in [1.54, 1.807) is 12.1 Å². The highest BCUT2D eigenvalue weighted by molar-refractivity contribution is 5.66. The molecule has 2 nitrogen and oxygen atoms in total. The van der Waals surface area contributed by atoms with Crippen LogP contribution in [0.2, 0.25) is 0 Å². The van der Waals surface area contributed by atoms with Crippen molar-refractivity contribution in [3.8, 4) is 22.6 Å². The average Bonchev–Trinajstić information content (AvgIpc) is 2.85. The molecule has 0 aromatic heterocycles. The van der Waals surface area contributed by atoms with E-state index in [-0.39, 0.29) is 11.3 Å². The Morgan fingerprint density at radius 2 is 1.56 bits per heavy atom. The molecule has 0 atom stereocenters. The number of rotatable bonds is 7. The zero-order chi connectivity index (χ0) is 22.5. The number of benzene rings is 3. The second-order valence-corrected chi connectivity index (χ2v) is 8.37. The van der Waals surface area contributed by atoms with E-state index in [9.17, 15) is 8.78 Å². The van der Waals surface area contributed by atoms with Crippen LogP contribution in [-0.4, -0.2) is 13.7 Å². The lowest BCUT2D eigenvalue weighted by atomic mass is 9.79. The molecule has 1 aliphatic carbocycles. The molecule has 4 heteroatoms. The molecule has 0 bridgehead atoms. The molecule has 32 heavy (non-hydrogen) atoms. The quantitative estimate of drug-likeness (QED) is 0.380. The molecule has 166 valence electrons. The largest absolute Gasteiger partial charge is 0.494 e. The highest BCUT2D eigenvalue weighted by atomic mass is 19.2. The lowest BCUT2D eigenvalue weighted by molar-refractivity contribution is 0.200. The van der Waals surface area contributed by atoms with Gasteiger partial charge in [-0.05, 0) is 78.5 Å². The van der Waals surface area contributed by atoms with E-state index in [1.165, 1.54) is 37.6 Å². The smallest absolute Gasteiger partial charge is 0.201 e. The number of hydrogen-bond donors (Lipinski definition) is 0. The van der Waals surface area contributed by atoms with Gasteiger partial charge in [-0.15, -0.1) is 0 Å². The fraction of sp³-hybridized carbons (Fsp3) is 0.286. The van der Waals surface area contributed by atoms with Crippen LogP contribution in [0.4, 0.5) is 8.78 Å². The predicted molar refractivity (Wildman–Crippen MR) is 125 cm³/mol. The van der Waals surface area contributed by atoms with Crippen LogP contribution >= 0.6 is 0 Å². The maximum absolute atomic E-state index is 14.3. The molecule has 0 radical (unpaired) electrons. The Labute approximate surface area is 188 Å². The minimum atomic E-state index is -0.974. The number of ether oxygens (including phenoxy) is 2. The maximum atomic E-state index is 14.3. The summed E-state index contributed by atoms with van der Waals surface area (Å²) in [6, 6.07) is 18.8. The minimum Gasteiger partial charge on any atom is -0.494 e. The van der Waals surface area contributed by atoms with Crippen LogP contribution in [0, 0.1) is 17.6 Å². The van der Waals surface area contributed by atoms with E-state index in [0.717, 1.165) is 24.2 Å². The monoisotopic (exact) mass is 434 g/mol. The molecule has 0 N–H and O–H groups in total. The highest BCUT2D eigenvalue weighted by Gasteiger charge is 2.23. The second kappa shape index (κ2) is 9.99. The second-order valence-electron chi connectivity index (χ2n) is 8.37. The van der Waals surface area contributed by atoms with Gasteiger partial charge in [0, 0.05) is 5.56 Å². The van der Waals surface area contributed by atoms with Crippen molar-refractivity contribution < 1.29 is 18.3 Å². The van der Waals surface area contributed by atoms with Gasteiger partial charge in [0.15, 0.2) is 11.6 Å². The summed E-state index contributed by atoms with van der Waals surface area (Å²) < 4.78 is 39.2. The fourth-order valence-electron chi connectivity index (χ4n) is 4.42. The molecular formula is C28H28F2O2. The van der Waals surface area contributed by atoms with Crippen molar-refractivity contribution in [1.29, 1.82) is 0 Å². The zero-order valence-corrected chi connectivity index (χ0v) is 18.3. The van der Waals surface area contributed by atoms with Crippen molar-refractivity contribution in [1.82, 2.24) is 0 Å². The summed E-state index contributed by atoms with van der Waals surface area (Å²) in [4.78, 5) is 0. The molecule has 0 saturated heterocycles. The Bertz CT molecular complexity index is 1050. The third-order valence-corrected chi connectivity index (χ3v) is 6.41. The lowest BCUT2D eigenvalue weighted by Crippen LogP contribution is -2.19. The molecule has 1 fully saturated rings. The van der Waals surface area contributed by atoms with Crippen LogP contribution in [0.1, 0.15) is 42.7 Å². The summed E-state index contributed by atoms with van der Waals surface area (Å²) in [5.41, 5.74) is 3.36. The average molecular weight is 435 g/mol. The minimum absolute atomic E-state index is 0.102. The van der Waals surface area contributed by atoms with Crippen molar-refractivity contribution in [2.45, 2.75) is 31.6 Å². The predicted octanol–water partition coefficient (Wildman–Crippen LogP) is 7.64. The summed E-state index contributed by atoms with van der Waals surface area (Å²) >= 11 is 0. The standard InChI is InChI=1S/C28H28F2O2/c1-3-19-4-8-21(9-5-19)22-10-6-20(7-11-22)18-32-24-14-12-23(13-15-24)25-16-17-26(31-2)28(30)27(25)29/h3-5,8-9,12-17,20,22H,1,6-7,10-11,18H2,2H3. The SMILES string of the molecule is C=Cc1ccc(C2CCC(COc3ccc(-c4ccc(OC)c(F)c4F)cc3)CC2)cc1. The van der Waals surface area contributed by atoms with Gasteiger partial charge in [-0.25, -0.2) is 4.39 Å². The van der Waals surface area contributed by atoms with Gasteiger partial charge in [-0.3, -0.25) is 0 Å². The molecular weight excluding hydrogens is 406 g/mol. The summed E-state index contributed by atoms with van der Waals surface area (Å²) in [5.74, 6) is -0.0952. The molecule has 3 aromatic carbocycles. The Kier molecular flexibility index (Phi) is 6.89. The van der Waals surface area contributed by atoms with Gasteiger partial charge in [0.2, 0.25) is 5.82 Å². The topological polar surface area (TPSA) is 18.5 Å². The molecule has 0 aliphatic heterocycles. The Balaban J connectivity index is 1.30. The highest BCUT2D eigenvalue weighted by Crippen LogP contribution is 2.36. The normalized spacial score (nSPS) is 18.2. The van der Waals surface area contributed by atoms with E-state index in [4.69, 9.17) is 9.47 Å². The van der Waals surface area contributed by atoms with Crippen LogP contribution in [0.5, 0.6) is 11.5 Å². The molecule has 1 aliphatic rings. The van der Waals surface area contributed by atoms with E-state index in [0.29, 0.717) is 24.0 Å². The molecule has 4 rings (SSSR count). The van der Waals surface area contributed by atoms with Crippen LogP contribution < -0.4 is 9.47 Å². The van der Waals surface area contributed by atoms with Crippen molar-refractivity contribution >= 4 is 6.08 Å². The van der Waals surface area contributed by atoms with E-state index in [2.05, 4.69) is 30.8 Å².